The third-order valence-electron chi connectivity index (χ3n) is 2.44. The molecule has 1 fully saturated rings. The zero-order valence-electron chi connectivity index (χ0n) is 8.37. The minimum Gasteiger partial charge on any atom is -0.315 e. The van der Waals surface area contributed by atoms with Gasteiger partial charge in [-0.3, -0.25) is 0 Å². The minimum absolute atomic E-state index is 0. The Hall–Kier alpha value is -0.350. The van der Waals surface area contributed by atoms with E-state index in [0.29, 0.717) is 11.2 Å². The van der Waals surface area contributed by atoms with Crippen molar-refractivity contribution < 1.29 is 0 Å². The molecule has 0 bridgehead atoms. The number of pyridine rings is 1. The molecule has 0 aromatic carbocycles. The topological polar surface area (TPSA) is 37.0 Å². The van der Waals surface area contributed by atoms with Crippen LogP contribution >= 0.6 is 24.0 Å². The molecule has 2 rings (SSSR count). The molecule has 2 heterocycles. The number of halogens is 2. The first-order valence-corrected chi connectivity index (χ1v) is 5.27. The van der Waals surface area contributed by atoms with E-state index in [1.165, 1.54) is 12.0 Å². The summed E-state index contributed by atoms with van der Waals surface area (Å²) in [5.74, 6) is 0. The van der Waals surface area contributed by atoms with Gasteiger partial charge in [-0.15, -0.1) is 12.4 Å². The maximum atomic E-state index is 5.70. The molecule has 1 aliphatic rings. The van der Waals surface area contributed by atoms with Crippen molar-refractivity contribution >= 4 is 24.0 Å². The minimum atomic E-state index is 0. The van der Waals surface area contributed by atoms with Crippen LogP contribution in [0, 0.1) is 0 Å². The lowest BCUT2D eigenvalue weighted by Gasteiger charge is -2.10. The molecule has 0 aliphatic carbocycles. The van der Waals surface area contributed by atoms with Crippen LogP contribution in [0.2, 0.25) is 5.15 Å². The van der Waals surface area contributed by atoms with Crippen LogP contribution in [-0.2, 0) is 6.54 Å². The lowest BCUT2D eigenvalue weighted by molar-refractivity contribution is 0.547. The molecule has 15 heavy (non-hydrogen) atoms. The Morgan fingerprint density at radius 3 is 3.00 bits per heavy atom. The average molecular weight is 248 g/mol. The number of nitrogens with zero attached hydrogens (tertiary/aromatic N) is 1. The number of aromatic nitrogens is 1. The standard InChI is InChI=1S/C10H14ClN3.ClH/c11-10-2-1-8(6-14-10)5-13-9-3-4-12-7-9;/h1-2,6,9,12-13H,3-5,7H2;1H/t9-;/m1./s1. The highest BCUT2D eigenvalue weighted by Gasteiger charge is 2.12. The van der Waals surface area contributed by atoms with Crippen molar-refractivity contribution in [2.75, 3.05) is 13.1 Å². The molecule has 0 radical (unpaired) electrons. The zero-order valence-corrected chi connectivity index (χ0v) is 9.94. The maximum Gasteiger partial charge on any atom is 0.129 e. The quantitative estimate of drug-likeness (QED) is 0.798. The number of hydrogen-bond acceptors (Lipinski definition) is 3. The van der Waals surface area contributed by atoms with Crippen LogP contribution in [0.5, 0.6) is 0 Å². The molecule has 0 amide bonds. The summed E-state index contributed by atoms with van der Waals surface area (Å²) in [4.78, 5) is 4.03. The van der Waals surface area contributed by atoms with E-state index in [0.717, 1.165) is 19.6 Å². The van der Waals surface area contributed by atoms with Crippen LogP contribution in [0.1, 0.15) is 12.0 Å². The SMILES string of the molecule is Cl.Clc1ccc(CN[C@@H]2CCNC2)cn1. The normalized spacial score (nSPS) is 19.9. The van der Waals surface area contributed by atoms with Crippen molar-refractivity contribution in [1.29, 1.82) is 0 Å². The highest BCUT2D eigenvalue weighted by Crippen LogP contribution is 2.06. The van der Waals surface area contributed by atoms with Crippen molar-refractivity contribution in [3.05, 3.63) is 29.0 Å². The van der Waals surface area contributed by atoms with Gasteiger partial charge in [0.05, 0.1) is 0 Å². The Labute approximate surface area is 101 Å². The summed E-state index contributed by atoms with van der Waals surface area (Å²) in [5, 5.41) is 7.34. The van der Waals surface area contributed by atoms with Gasteiger partial charge in [-0.25, -0.2) is 4.98 Å². The molecular weight excluding hydrogens is 233 g/mol. The molecule has 5 heteroatoms. The lowest BCUT2D eigenvalue weighted by atomic mass is 10.2. The van der Waals surface area contributed by atoms with Crippen molar-refractivity contribution in [2.24, 2.45) is 0 Å². The molecule has 0 saturated carbocycles. The molecule has 0 spiro atoms. The molecule has 1 aromatic heterocycles. The van der Waals surface area contributed by atoms with E-state index < -0.39 is 0 Å². The van der Waals surface area contributed by atoms with Gasteiger partial charge in [0.15, 0.2) is 0 Å². The van der Waals surface area contributed by atoms with Crippen molar-refractivity contribution in [3.63, 3.8) is 0 Å². The fraction of sp³-hybridized carbons (Fsp3) is 0.500. The fourth-order valence-electron chi connectivity index (χ4n) is 1.60. The van der Waals surface area contributed by atoms with Crippen molar-refractivity contribution in [1.82, 2.24) is 15.6 Å². The fourth-order valence-corrected chi connectivity index (χ4v) is 1.71. The van der Waals surface area contributed by atoms with Crippen LogP contribution in [0.25, 0.3) is 0 Å². The highest BCUT2D eigenvalue weighted by molar-refractivity contribution is 6.29. The third-order valence-corrected chi connectivity index (χ3v) is 2.67. The van der Waals surface area contributed by atoms with Crippen LogP contribution in [0.3, 0.4) is 0 Å². The van der Waals surface area contributed by atoms with Gasteiger partial charge in [0.25, 0.3) is 0 Å². The van der Waals surface area contributed by atoms with Gasteiger partial charge in [0, 0.05) is 25.3 Å². The van der Waals surface area contributed by atoms with Gasteiger partial charge < -0.3 is 10.6 Å². The Bertz CT molecular complexity index is 283. The average Bonchev–Trinajstić information content (AvgIpc) is 2.70. The Morgan fingerprint density at radius 1 is 1.53 bits per heavy atom. The molecule has 1 saturated heterocycles. The van der Waals surface area contributed by atoms with Crippen LogP contribution in [-0.4, -0.2) is 24.1 Å². The predicted molar refractivity (Wildman–Crippen MR) is 64.6 cm³/mol. The molecule has 0 unspecified atom stereocenters. The summed E-state index contributed by atoms with van der Waals surface area (Å²) < 4.78 is 0. The zero-order chi connectivity index (χ0) is 9.80. The van der Waals surface area contributed by atoms with E-state index in [2.05, 4.69) is 15.6 Å². The van der Waals surface area contributed by atoms with Crippen molar-refractivity contribution in [3.8, 4) is 0 Å². The largest absolute Gasteiger partial charge is 0.315 e. The molecule has 1 aromatic rings. The molecule has 1 aliphatic heterocycles. The van der Waals surface area contributed by atoms with Gasteiger partial charge in [0.2, 0.25) is 0 Å². The number of nitrogens with one attached hydrogen (secondary N) is 2. The number of hydrogen-bond donors (Lipinski definition) is 2. The van der Waals surface area contributed by atoms with Gasteiger partial charge in [0.1, 0.15) is 5.15 Å². The summed E-state index contributed by atoms with van der Waals surface area (Å²) in [7, 11) is 0. The predicted octanol–water partition coefficient (Wildman–Crippen LogP) is 1.61. The third kappa shape index (κ3) is 3.95. The first-order chi connectivity index (χ1) is 6.84. The summed E-state index contributed by atoms with van der Waals surface area (Å²) in [6.45, 7) is 3.06. The van der Waals surface area contributed by atoms with Crippen LogP contribution < -0.4 is 10.6 Å². The van der Waals surface area contributed by atoms with E-state index in [4.69, 9.17) is 11.6 Å². The van der Waals surface area contributed by atoms with Crippen LogP contribution in [0.15, 0.2) is 18.3 Å². The number of rotatable bonds is 3. The summed E-state index contributed by atoms with van der Waals surface area (Å²) >= 11 is 5.70. The molecular formula is C10H15Cl2N3. The smallest absolute Gasteiger partial charge is 0.129 e. The monoisotopic (exact) mass is 247 g/mol. The lowest BCUT2D eigenvalue weighted by Crippen LogP contribution is -2.30. The van der Waals surface area contributed by atoms with Crippen molar-refractivity contribution in [2.45, 2.75) is 19.0 Å². The Morgan fingerprint density at radius 2 is 2.40 bits per heavy atom. The van der Waals surface area contributed by atoms with E-state index in [1.807, 2.05) is 18.3 Å². The Balaban J connectivity index is 0.00000112. The Kier molecular flexibility index (Phi) is 5.32. The highest BCUT2D eigenvalue weighted by atomic mass is 35.5. The van der Waals surface area contributed by atoms with Gasteiger partial charge in [-0.2, -0.15) is 0 Å². The van der Waals surface area contributed by atoms with E-state index in [1.54, 1.807) is 0 Å². The summed E-state index contributed by atoms with van der Waals surface area (Å²) in [6, 6.07) is 4.43. The maximum absolute atomic E-state index is 5.70. The molecule has 1 atom stereocenters. The van der Waals surface area contributed by atoms with E-state index >= 15 is 0 Å². The van der Waals surface area contributed by atoms with Gasteiger partial charge >= 0.3 is 0 Å². The van der Waals surface area contributed by atoms with E-state index in [9.17, 15) is 0 Å². The molecule has 2 N–H and O–H groups in total. The summed E-state index contributed by atoms with van der Waals surface area (Å²) in [5.41, 5.74) is 1.18. The first kappa shape index (κ1) is 12.7. The molecule has 84 valence electrons. The van der Waals surface area contributed by atoms with Crippen LogP contribution in [0.4, 0.5) is 0 Å². The first-order valence-electron chi connectivity index (χ1n) is 4.89. The molecule has 3 nitrogen and oxygen atoms in total. The van der Waals surface area contributed by atoms with Gasteiger partial charge in [-0.05, 0) is 24.6 Å². The van der Waals surface area contributed by atoms with Gasteiger partial charge in [-0.1, -0.05) is 17.7 Å². The second-order valence-corrected chi connectivity index (χ2v) is 3.95. The second kappa shape index (κ2) is 6.28. The van der Waals surface area contributed by atoms with E-state index in [-0.39, 0.29) is 12.4 Å². The second-order valence-electron chi connectivity index (χ2n) is 3.56. The summed E-state index contributed by atoms with van der Waals surface area (Å²) in [6.07, 6.45) is 3.03.